The fourth-order valence-corrected chi connectivity index (χ4v) is 1.17. The average Bonchev–Trinajstić information content (AvgIpc) is 2.79. The fraction of sp³-hybridized carbons (Fsp3) is 0.727. The summed E-state index contributed by atoms with van der Waals surface area (Å²) in [6.07, 6.45) is 0.914. The standard InChI is InChI=1S/C11H21N5O2/c1-4-5-12-9(17)6-14-11-16-15-10(18-11)7-13-8(2)3/h8,13H,4-7H2,1-3H3,(H,12,17)(H,14,16). The highest BCUT2D eigenvalue weighted by atomic mass is 16.4. The molecule has 0 saturated heterocycles. The third-order valence-electron chi connectivity index (χ3n) is 2.10. The van der Waals surface area contributed by atoms with Gasteiger partial charge in [-0.25, -0.2) is 0 Å². The number of aromatic nitrogens is 2. The summed E-state index contributed by atoms with van der Waals surface area (Å²) in [6.45, 7) is 7.41. The van der Waals surface area contributed by atoms with Crippen LogP contribution in [0.2, 0.25) is 0 Å². The first-order chi connectivity index (χ1) is 8.61. The second-order valence-corrected chi connectivity index (χ2v) is 4.24. The van der Waals surface area contributed by atoms with Crippen LogP contribution in [0.1, 0.15) is 33.1 Å². The van der Waals surface area contributed by atoms with Gasteiger partial charge in [-0.05, 0) is 6.42 Å². The highest BCUT2D eigenvalue weighted by molar-refractivity contribution is 5.79. The Morgan fingerprint density at radius 1 is 1.39 bits per heavy atom. The molecule has 0 aromatic carbocycles. The molecule has 0 unspecified atom stereocenters. The van der Waals surface area contributed by atoms with E-state index in [4.69, 9.17) is 4.42 Å². The molecule has 1 heterocycles. The number of nitrogens with one attached hydrogen (secondary N) is 3. The van der Waals surface area contributed by atoms with Crippen LogP contribution in [0.15, 0.2) is 4.42 Å². The molecule has 0 aliphatic heterocycles. The lowest BCUT2D eigenvalue weighted by Gasteiger charge is -2.04. The molecule has 0 fully saturated rings. The molecule has 3 N–H and O–H groups in total. The molecule has 102 valence electrons. The number of nitrogens with zero attached hydrogens (tertiary/aromatic N) is 2. The zero-order valence-corrected chi connectivity index (χ0v) is 11.1. The summed E-state index contributed by atoms with van der Waals surface area (Å²) < 4.78 is 5.31. The Morgan fingerprint density at radius 3 is 2.83 bits per heavy atom. The van der Waals surface area contributed by atoms with Crippen LogP contribution in [-0.4, -0.2) is 35.2 Å². The summed E-state index contributed by atoms with van der Waals surface area (Å²) in [5, 5.41) is 16.3. The van der Waals surface area contributed by atoms with E-state index in [0.29, 0.717) is 25.0 Å². The number of rotatable bonds is 8. The van der Waals surface area contributed by atoms with E-state index in [-0.39, 0.29) is 18.5 Å². The lowest BCUT2D eigenvalue weighted by atomic mass is 10.4. The van der Waals surface area contributed by atoms with Gasteiger partial charge in [-0.3, -0.25) is 4.79 Å². The van der Waals surface area contributed by atoms with Gasteiger partial charge in [0.05, 0.1) is 13.1 Å². The maximum atomic E-state index is 11.3. The number of carbonyl (C=O) groups is 1. The largest absolute Gasteiger partial charge is 0.407 e. The molecule has 0 radical (unpaired) electrons. The molecule has 0 aliphatic rings. The second-order valence-electron chi connectivity index (χ2n) is 4.24. The predicted molar refractivity (Wildman–Crippen MR) is 68.1 cm³/mol. The van der Waals surface area contributed by atoms with Gasteiger partial charge in [0.25, 0.3) is 0 Å². The van der Waals surface area contributed by atoms with E-state index >= 15 is 0 Å². The van der Waals surface area contributed by atoms with Gasteiger partial charge in [-0.15, -0.1) is 5.10 Å². The predicted octanol–water partition coefficient (Wildman–Crippen LogP) is 0.506. The van der Waals surface area contributed by atoms with Crippen LogP contribution in [-0.2, 0) is 11.3 Å². The Labute approximate surface area is 107 Å². The van der Waals surface area contributed by atoms with Gasteiger partial charge in [-0.2, -0.15) is 0 Å². The van der Waals surface area contributed by atoms with Gasteiger partial charge in [0.15, 0.2) is 0 Å². The third-order valence-corrected chi connectivity index (χ3v) is 2.10. The maximum Gasteiger partial charge on any atom is 0.315 e. The summed E-state index contributed by atoms with van der Waals surface area (Å²) in [7, 11) is 0. The third kappa shape index (κ3) is 5.62. The van der Waals surface area contributed by atoms with Gasteiger partial charge in [0.1, 0.15) is 0 Å². The zero-order valence-electron chi connectivity index (χ0n) is 11.1. The van der Waals surface area contributed by atoms with Crippen LogP contribution in [0.3, 0.4) is 0 Å². The number of anilines is 1. The number of hydrogen-bond acceptors (Lipinski definition) is 6. The molecule has 1 aromatic rings. The van der Waals surface area contributed by atoms with Crippen molar-refractivity contribution < 1.29 is 9.21 Å². The Morgan fingerprint density at radius 2 is 2.17 bits per heavy atom. The van der Waals surface area contributed by atoms with Crippen molar-refractivity contribution in [2.24, 2.45) is 0 Å². The summed E-state index contributed by atoms with van der Waals surface area (Å²) >= 11 is 0. The van der Waals surface area contributed by atoms with E-state index in [1.807, 2.05) is 20.8 Å². The van der Waals surface area contributed by atoms with Crippen molar-refractivity contribution in [3.05, 3.63) is 5.89 Å². The molecule has 0 aliphatic carbocycles. The number of carbonyl (C=O) groups excluding carboxylic acids is 1. The Balaban J connectivity index is 2.28. The molecule has 1 amide bonds. The highest BCUT2D eigenvalue weighted by Gasteiger charge is 2.07. The lowest BCUT2D eigenvalue weighted by Crippen LogP contribution is -2.30. The zero-order chi connectivity index (χ0) is 13.4. The normalized spacial score (nSPS) is 10.7. The second kappa shape index (κ2) is 7.65. The lowest BCUT2D eigenvalue weighted by molar-refractivity contribution is -0.119. The fourth-order valence-electron chi connectivity index (χ4n) is 1.17. The van der Waals surface area contributed by atoms with Gasteiger partial charge in [-0.1, -0.05) is 25.9 Å². The number of amides is 1. The van der Waals surface area contributed by atoms with Crippen molar-refractivity contribution in [3.63, 3.8) is 0 Å². The van der Waals surface area contributed by atoms with Gasteiger partial charge < -0.3 is 20.4 Å². The molecule has 0 spiro atoms. The molecule has 1 rings (SSSR count). The minimum Gasteiger partial charge on any atom is -0.407 e. The molecular formula is C11H21N5O2. The average molecular weight is 255 g/mol. The molecule has 18 heavy (non-hydrogen) atoms. The molecule has 7 heteroatoms. The minimum absolute atomic E-state index is 0.0862. The molecule has 0 atom stereocenters. The van der Waals surface area contributed by atoms with E-state index in [1.54, 1.807) is 0 Å². The first kappa shape index (κ1) is 14.4. The topological polar surface area (TPSA) is 92.1 Å². The monoisotopic (exact) mass is 255 g/mol. The van der Waals surface area contributed by atoms with Crippen LogP contribution in [0.25, 0.3) is 0 Å². The van der Waals surface area contributed by atoms with Crippen molar-refractivity contribution in [1.82, 2.24) is 20.8 Å². The molecule has 1 aromatic heterocycles. The summed E-state index contributed by atoms with van der Waals surface area (Å²) in [6, 6.07) is 0.621. The minimum atomic E-state index is -0.0862. The van der Waals surface area contributed by atoms with Crippen LogP contribution >= 0.6 is 0 Å². The van der Waals surface area contributed by atoms with Gasteiger partial charge in [0.2, 0.25) is 11.8 Å². The van der Waals surface area contributed by atoms with Crippen molar-refractivity contribution in [3.8, 4) is 0 Å². The smallest absolute Gasteiger partial charge is 0.315 e. The quantitative estimate of drug-likeness (QED) is 0.626. The SMILES string of the molecule is CCCNC(=O)CNc1nnc(CNC(C)C)o1. The van der Waals surface area contributed by atoms with Gasteiger partial charge in [0, 0.05) is 12.6 Å². The van der Waals surface area contributed by atoms with Crippen molar-refractivity contribution in [2.45, 2.75) is 39.8 Å². The molecule has 7 nitrogen and oxygen atoms in total. The van der Waals surface area contributed by atoms with E-state index < -0.39 is 0 Å². The first-order valence-electron chi connectivity index (χ1n) is 6.18. The Bertz CT molecular complexity index is 364. The van der Waals surface area contributed by atoms with Crippen LogP contribution in [0.5, 0.6) is 0 Å². The van der Waals surface area contributed by atoms with E-state index in [2.05, 4.69) is 26.1 Å². The van der Waals surface area contributed by atoms with Crippen molar-refractivity contribution in [1.29, 1.82) is 0 Å². The highest BCUT2D eigenvalue weighted by Crippen LogP contribution is 2.04. The van der Waals surface area contributed by atoms with Crippen LogP contribution < -0.4 is 16.0 Å². The maximum absolute atomic E-state index is 11.3. The summed E-state index contributed by atoms with van der Waals surface area (Å²) in [4.78, 5) is 11.3. The van der Waals surface area contributed by atoms with Crippen LogP contribution in [0.4, 0.5) is 6.01 Å². The van der Waals surface area contributed by atoms with Gasteiger partial charge >= 0.3 is 6.01 Å². The molecule has 0 bridgehead atoms. The first-order valence-corrected chi connectivity index (χ1v) is 6.18. The van der Waals surface area contributed by atoms with Crippen molar-refractivity contribution in [2.75, 3.05) is 18.4 Å². The van der Waals surface area contributed by atoms with E-state index in [9.17, 15) is 4.79 Å². The molecule has 0 saturated carbocycles. The van der Waals surface area contributed by atoms with E-state index in [1.165, 1.54) is 0 Å². The van der Waals surface area contributed by atoms with Crippen molar-refractivity contribution >= 4 is 11.9 Å². The molecular weight excluding hydrogens is 234 g/mol. The summed E-state index contributed by atoms with van der Waals surface area (Å²) in [5.74, 6) is 0.414. The Hall–Kier alpha value is -1.63. The Kier molecular flexibility index (Phi) is 6.13. The number of hydrogen-bond donors (Lipinski definition) is 3. The van der Waals surface area contributed by atoms with E-state index in [0.717, 1.165) is 6.42 Å². The van der Waals surface area contributed by atoms with Crippen LogP contribution in [0, 0.1) is 0 Å². The summed E-state index contributed by atoms with van der Waals surface area (Å²) in [5.41, 5.74) is 0.